The fraction of sp³-hybridized carbons (Fsp3) is 0.593. The standard InChI is InChI=1S/C27H37NO3/c1-3-20-6-10-25(11-7-20)31-26-12-9-23-17-21(5-8-24(23)18-26)19-28-15-13-22(14-16-28)27(29)30-4-2/h5,8-9,12,17-18,20,22,25H,3-4,6-7,10-11,13-16,19H2,1-2H3/t20-,25-. The molecule has 4 rings (SSSR count). The van der Waals surface area contributed by atoms with E-state index in [4.69, 9.17) is 9.47 Å². The number of rotatable bonds is 7. The molecule has 0 unspecified atom stereocenters. The van der Waals surface area contributed by atoms with Gasteiger partial charge in [0.05, 0.1) is 18.6 Å². The molecule has 0 aromatic heterocycles. The monoisotopic (exact) mass is 423 g/mol. The van der Waals surface area contributed by atoms with E-state index in [0.29, 0.717) is 12.7 Å². The summed E-state index contributed by atoms with van der Waals surface area (Å²) in [5.74, 6) is 1.94. The summed E-state index contributed by atoms with van der Waals surface area (Å²) in [6.45, 7) is 7.49. The number of hydrogen-bond donors (Lipinski definition) is 0. The first-order valence-electron chi connectivity index (χ1n) is 12.2. The number of likely N-dealkylation sites (tertiary alicyclic amines) is 1. The van der Waals surface area contributed by atoms with Gasteiger partial charge in [0.25, 0.3) is 0 Å². The van der Waals surface area contributed by atoms with E-state index in [1.165, 1.54) is 48.4 Å². The van der Waals surface area contributed by atoms with Crippen LogP contribution in [0.1, 0.15) is 64.4 Å². The van der Waals surface area contributed by atoms with Crippen LogP contribution in [0.3, 0.4) is 0 Å². The van der Waals surface area contributed by atoms with E-state index in [2.05, 4.69) is 48.2 Å². The summed E-state index contributed by atoms with van der Waals surface area (Å²) in [6.07, 6.45) is 8.43. The summed E-state index contributed by atoms with van der Waals surface area (Å²) >= 11 is 0. The highest BCUT2D eigenvalue weighted by Crippen LogP contribution is 2.31. The Kier molecular flexibility index (Phi) is 7.49. The Hall–Kier alpha value is -2.07. The Balaban J connectivity index is 1.32. The van der Waals surface area contributed by atoms with Gasteiger partial charge in [-0.3, -0.25) is 9.69 Å². The van der Waals surface area contributed by atoms with Crippen molar-refractivity contribution in [3.8, 4) is 5.75 Å². The smallest absolute Gasteiger partial charge is 0.309 e. The van der Waals surface area contributed by atoms with Crippen molar-refractivity contribution >= 4 is 16.7 Å². The van der Waals surface area contributed by atoms with E-state index >= 15 is 0 Å². The van der Waals surface area contributed by atoms with Gasteiger partial charge in [0.2, 0.25) is 0 Å². The van der Waals surface area contributed by atoms with Crippen LogP contribution in [0.5, 0.6) is 5.75 Å². The van der Waals surface area contributed by atoms with Gasteiger partial charge in [-0.2, -0.15) is 0 Å². The average molecular weight is 424 g/mol. The molecule has 168 valence electrons. The van der Waals surface area contributed by atoms with Crippen molar-refractivity contribution in [2.75, 3.05) is 19.7 Å². The summed E-state index contributed by atoms with van der Waals surface area (Å²) in [5.41, 5.74) is 1.33. The van der Waals surface area contributed by atoms with Gasteiger partial charge in [0.1, 0.15) is 5.75 Å². The molecule has 0 radical (unpaired) electrons. The van der Waals surface area contributed by atoms with Gasteiger partial charge in [-0.25, -0.2) is 0 Å². The normalized spacial score (nSPS) is 23.0. The second kappa shape index (κ2) is 10.5. The molecule has 31 heavy (non-hydrogen) atoms. The molecule has 1 saturated carbocycles. The number of carbonyl (C=O) groups excluding carboxylic acids is 1. The third kappa shape index (κ3) is 5.79. The molecule has 1 aliphatic heterocycles. The molecule has 2 aromatic rings. The lowest BCUT2D eigenvalue weighted by atomic mass is 9.86. The molecule has 1 saturated heterocycles. The van der Waals surface area contributed by atoms with Gasteiger partial charge in [0.15, 0.2) is 0 Å². The van der Waals surface area contributed by atoms with Crippen molar-refractivity contribution in [1.82, 2.24) is 4.90 Å². The zero-order valence-corrected chi connectivity index (χ0v) is 19.1. The number of benzene rings is 2. The van der Waals surface area contributed by atoms with Gasteiger partial charge in [-0.15, -0.1) is 0 Å². The van der Waals surface area contributed by atoms with E-state index in [-0.39, 0.29) is 11.9 Å². The van der Waals surface area contributed by atoms with E-state index in [1.54, 1.807) is 0 Å². The molecule has 4 heteroatoms. The Bertz CT molecular complexity index is 864. The van der Waals surface area contributed by atoms with Crippen molar-refractivity contribution < 1.29 is 14.3 Å². The van der Waals surface area contributed by atoms with Crippen molar-refractivity contribution in [2.24, 2.45) is 11.8 Å². The van der Waals surface area contributed by atoms with Crippen molar-refractivity contribution in [3.63, 3.8) is 0 Å². The SMILES string of the molecule is CCOC(=O)C1CCN(Cc2ccc3cc(O[C@H]4CC[C@H](CC)CC4)ccc3c2)CC1. The fourth-order valence-electron chi connectivity index (χ4n) is 5.14. The molecule has 2 aliphatic rings. The van der Waals surface area contributed by atoms with Gasteiger partial charge < -0.3 is 9.47 Å². The topological polar surface area (TPSA) is 38.8 Å². The Morgan fingerprint density at radius 1 is 0.935 bits per heavy atom. The van der Waals surface area contributed by atoms with Crippen LogP contribution in [0.2, 0.25) is 0 Å². The summed E-state index contributed by atoms with van der Waals surface area (Å²) in [6, 6.07) is 13.3. The minimum Gasteiger partial charge on any atom is -0.490 e. The first-order chi connectivity index (χ1) is 15.1. The minimum atomic E-state index is -0.0238. The van der Waals surface area contributed by atoms with E-state index in [9.17, 15) is 4.79 Å². The molecule has 2 fully saturated rings. The average Bonchev–Trinajstić information content (AvgIpc) is 2.80. The van der Waals surface area contributed by atoms with Crippen LogP contribution in [0, 0.1) is 11.8 Å². The molecule has 4 nitrogen and oxygen atoms in total. The number of piperidine rings is 1. The second-order valence-corrected chi connectivity index (χ2v) is 9.31. The number of esters is 1. The molecular weight excluding hydrogens is 386 g/mol. The maximum Gasteiger partial charge on any atom is 0.309 e. The number of nitrogens with zero attached hydrogens (tertiary/aromatic N) is 1. The first-order valence-corrected chi connectivity index (χ1v) is 12.2. The molecule has 0 amide bonds. The highest BCUT2D eigenvalue weighted by Gasteiger charge is 2.26. The summed E-state index contributed by atoms with van der Waals surface area (Å²) in [5, 5.41) is 2.51. The Morgan fingerprint density at radius 2 is 1.65 bits per heavy atom. The first kappa shape index (κ1) is 22.1. The maximum absolute atomic E-state index is 11.9. The van der Waals surface area contributed by atoms with Crippen LogP contribution in [-0.4, -0.2) is 36.7 Å². The molecule has 1 heterocycles. The lowest BCUT2D eigenvalue weighted by molar-refractivity contribution is -0.149. The van der Waals surface area contributed by atoms with Crippen LogP contribution < -0.4 is 4.74 Å². The molecule has 2 aromatic carbocycles. The second-order valence-electron chi connectivity index (χ2n) is 9.31. The number of carbonyl (C=O) groups is 1. The van der Waals surface area contributed by atoms with Gasteiger partial charge in [0, 0.05) is 6.54 Å². The van der Waals surface area contributed by atoms with E-state index in [0.717, 1.165) is 44.1 Å². The van der Waals surface area contributed by atoms with Crippen LogP contribution in [0.15, 0.2) is 36.4 Å². The van der Waals surface area contributed by atoms with Gasteiger partial charge >= 0.3 is 5.97 Å². The lowest BCUT2D eigenvalue weighted by Gasteiger charge is -2.30. The maximum atomic E-state index is 11.9. The number of fused-ring (bicyclic) bond motifs is 1. The molecule has 0 spiro atoms. The Labute approximate surface area is 186 Å². The largest absolute Gasteiger partial charge is 0.490 e. The van der Waals surface area contributed by atoms with E-state index < -0.39 is 0 Å². The van der Waals surface area contributed by atoms with Crippen LogP contribution in [0.25, 0.3) is 10.8 Å². The minimum absolute atomic E-state index is 0.0238. The molecule has 0 bridgehead atoms. The molecule has 1 aliphatic carbocycles. The quantitative estimate of drug-likeness (QED) is 0.515. The summed E-state index contributed by atoms with van der Waals surface area (Å²) in [4.78, 5) is 14.4. The van der Waals surface area contributed by atoms with Gasteiger partial charge in [-0.1, -0.05) is 31.5 Å². The number of ether oxygens (including phenoxy) is 2. The summed E-state index contributed by atoms with van der Waals surface area (Å²) in [7, 11) is 0. The Morgan fingerprint density at radius 3 is 2.35 bits per heavy atom. The van der Waals surface area contributed by atoms with Crippen molar-refractivity contribution in [3.05, 3.63) is 42.0 Å². The third-order valence-corrected chi connectivity index (χ3v) is 7.16. The number of hydrogen-bond acceptors (Lipinski definition) is 4. The summed E-state index contributed by atoms with van der Waals surface area (Å²) < 4.78 is 11.5. The van der Waals surface area contributed by atoms with Crippen LogP contribution in [0.4, 0.5) is 0 Å². The highest BCUT2D eigenvalue weighted by atomic mass is 16.5. The fourth-order valence-corrected chi connectivity index (χ4v) is 5.14. The van der Waals surface area contributed by atoms with Gasteiger partial charge in [-0.05, 0) is 99.0 Å². The van der Waals surface area contributed by atoms with Crippen molar-refractivity contribution in [2.45, 2.75) is 71.4 Å². The third-order valence-electron chi connectivity index (χ3n) is 7.16. The zero-order valence-electron chi connectivity index (χ0n) is 19.1. The lowest BCUT2D eigenvalue weighted by Crippen LogP contribution is -2.36. The zero-order chi connectivity index (χ0) is 21.6. The highest BCUT2D eigenvalue weighted by molar-refractivity contribution is 5.84. The molecule has 0 N–H and O–H groups in total. The van der Waals surface area contributed by atoms with Crippen LogP contribution in [-0.2, 0) is 16.1 Å². The molecular formula is C27H37NO3. The molecule has 0 atom stereocenters. The predicted octanol–water partition coefficient (Wildman–Crippen LogP) is 5.96. The van der Waals surface area contributed by atoms with Crippen LogP contribution >= 0.6 is 0 Å². The predicted molar refractivity (Wildman–Crippen MR) is 125 cm³/mol. The van der Waals surface area contributed by atoms with Crippen molar-refractivity contribution in [1.29, 1.82) is 0 Å². The van der Waals surface area contributed by atoms with E-state index in [1.807, 2.05) is 6.92 Å².